The van der Waals surface area contributed by atoms with Crippen LogP contribution >= 0.6 is 0 Å². The van der Waals surface area contributed by atoms with Crippen LogP contribution < -0.4 is 15.5 Å². The van der Waals surface area contributed by atoms with Gasteiger partial charge in [0.05, 0.1) is 12.2 Å². The molecule has 21 heavy (non-hydrogen) atoms. The van der Waals surface area contributed by atoms with Crippen LogP contribution in [0, 0.1) is 5.82 Å². The average molecular weight is 293 g/mol. The lowest BCUT2D eigenvalue weighted by atomic mass is 10.1. The Labute approximate surface area is 123 Å². The summed E-state index contributed by atoms with van der Waals surface area (Å²) in [6, 6.07) is 4.38. The Bertz CT molecular complexity index is 548. The predicted molar refractivity (Wildman–Crippen MR) is 78.4 cm³/mol. The molecule has 1 fully saturated rings. The van der Waals surface area contributed by atoms with Gasteiger partial charge < -0.3 is 10.2 Å². The van der Waals surface area contributed by atoms with Gasteiger partial charge in [0.2, 0.25) is 11.8 Å². The van der Waals surface area contributed by atoms with Crippen molar-refractivity contribution in [1.29, 1.82) is 0 Å². The second kappa shape index (κ2) is 6.67. The van der Waals surface area contributed by atoms with Gasteiger partial charge in [-0.1, -0.05) is 19.9 Å². The van der Waals surface area contributed by atoms with Crippen molar-refractivity contribution in [2.24, 2.45) is 0 Å². The van der Waals surface area contributed by atoms with Gasteiger partial charge in [-0.15, -0.1) is 0 Å². The molecular formula is C15H20FN3O2. The van der Waals surface area contributed by atoms with Crippen LogP contribution in [0.2, 0.25) is 0 Å². The molecule has 2 rings (SSSR count). The van der Waals surface area contributed by atoms with Crippen LogP contribution in [0.3, 0.4) is 0 Å². The molecular weight excluding hydrogens is 273 g/mol. The van der Waals surface area contributed by atoms with Gasteiger partial charge in [-0.05, 0) is 30.7 Å². The molecule has 1 heterocycles. The molecule has 2 amide bonds. The summed E-state index contributed by atoms with van der Waals surface area (Å²) in [6.45, 7) is 5.21. The van der Waals surface area contributed by atoms with E-state index in [-0.39, 0.29) is 12.5 Å². The molecule has 1 aromatic carbocycles. The smallest absolute Gasteiger partial charge is 0.249 e. The summed E-state index contributed by atoms with van der Waals surface area (Å²) in [5.41, 5.74) is 1.13. The largest absolute Gasteiger partial charge is 0.348 e. The van der Waals surface area contributed by atoms with Crippen molar-refractivity contribution in [3.05, 3.63) is 29.6 Å². The van der Waals surface area contributed by atoms with E-state index in [2.05, 4.69) is 10.6 Å². The molecule has 1 unspecified atom stereocenters. The monoisotopic (exact) mass is 293 g/mol. The summed E-state index contributed by atoms with van der Waals surface area (Å²) in [5, 5.41) is 5.41. The second-order valence-corrected chi connectivity index (χ2v) is 5.03. The number of carbonyl (C=O) groups is 2. The van der Waals surface area contributed by atoms with Gasteiger partial charge in [-0.25, -0.2) is 4.39 Å². The lowest BCUT2D eigenvalue weighted by Crippen LogP contribution is -2.58. The van der Waals surface area contributed by atoms with Crippen molar-refractivity contribution in [3.8, 4) is 0 Å². The first-order valence-electron chi connectivity index (χ1n) is 7.16. The van der Waals surface area contributed by atoms with E-state index in [1.54, 1.807) is 6.07 Å². The number of hydrogen-bond acceptors (Lipinski definition) is 4. The second-order valence-electron chi connectivity index (χ2n) is 5.03. The number of nitrogens with one attached hydrogen (secondary N) is 2. The number of benzene rings is 1. The molecule has 1 aliphatic rings. The minimum atomic E-state index is -0.517. The molecule has 0 aliphatic carbocycles. The van der Waals surface area contributed by atoms with Crippen LogP contribution in [0.4, 0.5) is 10.1 Å². The van der Waals surface area contributed by atoms with Gasteiger partial charge >= 0.3 is 0 Å². The molecule has 1 saturated heterocycles. The third-order valence-electron chi connectivity index (χ3n) is 3.54. The first-order chi connectivity index (χ1) is 10.1. The average Bonchev–Trinajstić information content (AvgIpc) is 2.44. The van der Waals surface area contributed by atoms with Gasteiger partial charge in [0.25, 0.3) is 0 Å². The zero-order valence-electron chi connectivity index (χ0n) is 12.3. The van der Waals surface area contributed by atoms with Gasteiger partial charge in [0.15, 0.2) is 0 Å². The Kier molecular flexibility index (Phi) is 4.90. The molecule has 2 N–H and O–H groups in total. The van der Waals surface area contributed by atoms with Crippen molar-refractivity contribution in [1.82, 2.24) is 10.6 Å². The summed E-state index contributed by atoms with van der Waals surface area (Å²) in [4.78, 5) is 24.9. The zero-order valence-corrected chi connectivity index (χ0v) is 12.3. The zero-order chi connectivity index (χ0) is 15.4. The Morgan fingerprint density at radius 2 is 2.14 bits per heavy atom. The van der Waals surface area contributed by atoms with Crippen LogP contribution in [0.5, 0.6) is 0 Å². The lowest BCUT2D eigenvalue weighted by molar-refractivity contribution is -0.132. The van der Waals surface area contributed by atoms with E-state index in [9.17, 15) is 14.0 Å². The van der Waals surface area contributed by atoms with E-state index in [1.165, 1.54) is 11.0 Å². The highest BCUT2D eigenvalue weighted by molar-refractivity contribution is 6.04. The number of piperazine rings is 1. The van der Waals surface area contributed by atoms with E-state index in [0.29, 0.717) is 18.7 Å². The van der Waals surface area contributed by atoms with Crippen LogP contribution in [-0.2, 0) is 16.1 Å². The molecule has 0 aromatic heterocycles. The maximum absolute atomic E-state index is 14.3. The van der Waals surface area contributed by atoms with Crippen molar-refractivity contribution >= 4 is 17.5 Å². The first-order valence-corrected chi connectivity index (χ1v) is 7.16. The van der Waals surface area contributed by atoms with Gasteiger partial charge in [0, 0.05) is 6.54 Å². The van der Waals surface area contributed by atoms with Gasteiger partial charge in [-0.2, -0.15) is 0 Å². The van der Waals surface area contributed by atoms with Crippen molar-refractivity contribution in [2.45, 2.75) is 32.9 Å². The summed E-state index contributed by atoms with van der Waals surface area (Å²) in [5.74, 6) is -1.18. The fourth-order valence-corrected chi connectivity index (χ4v) is 2.49. The highest BCUT2D eigenvalue weighted by Crippen LogP contribution is 2.25. The van der Waals surface area contributed by atoms with E-state index in [0.717, 1.165) is 12.1 Å². The molecule has 1 aliphatic heterocycles. The highest BCUT2D eigenvalue weighted by atomic mass is 19.1. The van der Waals surface area contributed by atoms with Gasteiger partial charge in [0.1, 0.15) is 11.9 Å². The number of anilines is 1. The molecule has 0 spiro atoms. The van der Waals surface area contributed by atoms with Crippen LogP contribution in [0.25, 0.3) is 0 Å². The SMILES string of the molecule is CCNCc1ccc(N2CC(=O)NC(=O)C2CC)c(F)c1. The first kappa shape index (κ1) is 15.4. The summed E-state index contributed by atoms with van der Waals surface area (Å²) >= 11 is 0. The number of rotatable bonds is 5. The number of hydrogen-bond donors (Lipinski definition) is 2. The topological polar surface area (TPSA) is 61.4 Å². The standard InChI is InChI=1S/C15H20FN3O2/c1-3-12-15(21)18-14(20)9-19(12)13-6-5-10(7-11(13)16)8-17-4-2/h5-7,12,17H,3-4,8-9H2,1-2H3,(H,18,20,21). The third-order valence-corrected chi connectivity index (χ3v) is 3.54. The minimum absolute atomic E-state index is 0.00623. The summed E-state index contributed by atoms with van der Waals surface area (Å²) in [7, 11) is 0. The van der Waals surface area contributed by atoms with Crippen molar-refractivity contribution in [3.63, 3.8) is 0 Å². The van der Waals surface area contributed by atoms with E-state index >= 15 is 0 Å². The lowest BCUT2D eigenvalue weighted by Gasteiger charge is -2.35. The Balaban J connectivity index is 2.26. The Morgan fingerprint density at radius 1 is 1.38 bits per heavy atom. The number of imide groups is 1. The maximum Gasteiger partial charge on any atom is 0.249 e. The molecule has 114 valence electrons. The number of halogens is 1. The molecule has 0 bridgehead atoms. The summed E-state index contributed by atoms with van der Waals surface area (Å²) in [6.07, 6.45) is 0.512. The fraction of sp³-hybridized carbons (Fsp3) is 0.467. The fourth-order valence-electron chi connectivity index (χ4n) is 2.49. The number of amides is 2. The highest BCUT2D eigenvalue weighted by Gasteiger charge is 2.33. The maximum atomic E-state index is 14.3. The molecule has 1 aromatic rings. The molecule has 0 radical (unpaired) electrons. The van der Waals surface area contributed by atoms with Crippen molar-refractivity contribution < 1.29 is 14.0 Å². The van der Waals surface area contributed by atoms with E-state index in [1.807, 2.05) is 19.9 Å². The van der Waals surface area contributed by atoms with Crippen LogP contribution in [-0.4, -0.2) is 30.9 Å². The third kappa shape index (κ3) is 3.39. The minimum Gasteiger partial charge on any atom is -0.348 e. The van der Waals surface area contributed by atoms with Crippen molar-refractivity contribution in [2.75, 3.05) is 18.0 Å². The van der Waals surface area contributed by atoms with Crippen LogP contribution in [0.15, 0.2) is 18.2 Å². The van der Waals surface area contributed by atoms with E-state index in [4.69, 9.17) is 0 Å². The Hall–Kier alpha value is -1.95. The predicted octanol–water partition coefficient (Wildman–Crippen LogP) is 1.18. The van der Waals surface area contributed by atoms with Crippen LogP contribution in [0.1, 0.15) is 25.8 Å². The van der Waals surface area contributed by atoms with E-state index < -0.39 is 17.8 Å². The molecule has 1 atom stereocenters. The quantitative estimate of drug-likeness (QED) is 0.800. The number of nitrogens with zero attached hydrogens (tertiary/aromatic N) is 1. The summed E-state index contributed by atoms with van der Waals surface area (Å²) < 4.78 is 14.3. The molecule has 0 saturated carbocycles. The Morgan fingerprint density at radius 3 is 2.76 bits per heavy atom. The molecule has 5 nitrogen and oxygen atoms in total. The normalized spacial score (nSPS) is 18.8. The molecule has 6 heteroatoms. The number of carbonyl (C=O) groups excluding carboxylic acids is 2. The van der Waals surface area contributed by atoms with Gasteiger partial charge in [-0.3, -0.25) is 14.9 Å².